The number of carbonyl (C=O) groups excluding carboxylic acids is 1. The molecule has 40 heavy (non-hydrogen) atoms. The molecule has 1 atom stereocenters. The van der Waals surface area contributed by atoms with Gasteiger partial charge >= 0.3 is 12.6 Å². The standard InChI is InChI=1S/C30H24F2N2O5S/c1-3-38-28(36)24-25(19-10-6-4-7-11-19)33-30-34(26(24)20-12-8-5-9-13-20)27(35)23(40-30)17-18-14-15-21(39-29(31)32)22(16-18)37-2/h4-17,26,29H,3H2,1-2H3/b23-17+/t26-/m1/s1. The fourth-order valence-electron chi connectivity index (χ4n) is 4.51. The number of benzene rings is 3. The minimum absolute atomic E-state index is 0.0972. The molecule has 0 radical (unpaired) electrons. The summed E-state index contributed by atoms with van der Waals surface area (Å²) in [7, 11) is 1.34. The predicted molar refractivity (Wildman–Crippen MR) is 147 cm³/mol. The van der Waals surface area contributed by atoms with E-state index < -0.39 is 18.6 Å². The number of hydrogen-bond acceptors (Lipinski definition) is 7. The second-order valence-electron chi connectivity index (χ2n) is 8.63. The first-order valence-corrected chi connectivity index (χ1v) is 13.2. The van der Waals surface area contributed by atoms with Gasteiger partial charge in [0.25, 0.3) is 5.56 Å². The largest absolute Gasteiger partial charge is 0.493 e. The maximum atomic E-state index is 13.9. The molecule has 0 unspecified atom stereocenters. The van der Waals surface area contributed by atoms with Crippen molar-refractivity contribution in [2.24, 2.45) is 4.99 Å². The molecule has 0 N–H and O–H groups in total. The number of aromatic nitrogens is 1. The Kier molecular flexibility index (Phi) is 7.88. The number of fused-ring (bicyclic) bond motifs is 1. The van der Waals surface area contributed by atoms with Gasteiger partial charge < -0.3 is 14.2 Å². The minimum Gasteiger partial charge on any atom is -0.493 e. The Morgan fingerprint density at radius 3 is 2.40 bits per heavy atom. The molecule has 0 fully saturated rings. The van der Waals surface area contributed by atoms with E-state index in [0.717, 1.165) is 16.9 Å². The molecule has 0 bridgehead atoms. The van der Waals surface area contributed by atoms with Gasteiger partial charge in [-0.05, 0) is 36.3 Å². The third-order valence-corrected chi connectivity index (χ3v) is 7.17. The van der Waals surface area contributed by atoms with E-state index in [2.05, 4.69) is 4.74 Å². The zero-order valence-corrected chi connectivity index (χ0v) is 22.4. The molecule has 7 nitrogen and oxygen atoms in total. The van der Waals surface area contributed by atoms with Crippen molar-refractivity contribution in [2.45, 2.75) is 19.6 Å². The van der Waals surface area contributed by atoms with E-state index >= 15 is 0 Å². The normalized spacial score (nSPS) is 15.0. The molecule has 0 saturated carbocycles. The molecule has 3 aromatic carbocycles. The summed E-state index contributed by atoms with van der Waals surface area (Å²) in [6.45, 7) is -1.13. The Hall–Kier alpha value is -4.57. The Balaban J connectivity index is 1.75. The van der Waals surface area contributed by atoms with E-state index in [4.69, 9.17) is 14.5 Å². The van der Waals surface area contributed by atoms with Gasteiger partial charge in [0.1, 0.15) is 0 Å². The molecule has 5 rings (SSSR count). The second-order valence-corrected chi connectivity index (χ2v) is 9.64. The van der Waals surface area contributed by atoms with Crippen molar-refractivity contribution in [3.63, 3.8) is 0 Å². The molecule has 204 valence electrons. The van der Waals surface area contributed by atoms with Gasteiger partial charge in [-0.15, -0.1) is 0 Å². The fourth-order valence-corrected chi connectivity index (χ4v) is 5.51. The van der Waals surface area contributed by atoms with Crippen LogP contribution < -0.4 is 24.4 Å². The van der Waals surface area contributed by atoms with Gasteiger partial charge in [0.2, 0.25) is 0 Å². The van der Waals surface area contributed by atoms with Crippen LogP contribution in [0.5, 0.6) is 11.5 Å². The molecule has 1 aliphatic heterocycles. The van der Waals surface area contributed by atoms with Crippen LogP contribution in [-0.2, 0) is 9.53 Å². The van der Waals surface area contributed by atoms with Crippen molar-refractivity contribution in [1.82, 2.24) is 4.57 Å². The number of halogens is 2. The summed E-state index contributed by atoms with van der Waals surface area (Å²) < 4.78 is 42.5. The first kappa shape index (κ1) is 27.0. The molecule has 0 amide bonds. The van der Waals surface area contributed by atoms with Crippen molar-refractivity contribution < 1.29 is 27.8 Å². The SMILES string of the molecule is CCOC(=O)C1=C(c2ccccc2)N=c2s/c(=C/c3ccc(OC(F)F)c(OC)c3)c(=O)n2[C@@H]1c1ccccc1. The topological polar surface area (TPSA) is 79.1 Å². The van der Waals surface area contributed by atoms with Crippen LogP contribution in [0, 0.1) is 0 Å². The maximum absolute atomic E-state index is 13.9. The number of ether oxygens (including phenoxy) is 3. The molecule has 1 aliphatic rings. The number of alkyl halides is 2. The van der Waals surface area contributed by atoms with E-state index in [0.29, 0.717) is 26.2 Å². The van der Waals surface area contributed by atoms with Crippen LogP contribution in [-0.4, -0.2) is 30.9 Å². The fraction of sp³-hybridized carbons (Fsp3) is 0.167. The highest BCUT2D eigenvalue weighted by Crippen LogP contribution is 2.35. The van der Waals surface area contributed by atoms with Gasteiger partial charge in [0, 0.05) is 5.56 Å². The van der Waals surface area contributed by atoms with Crippen LogP contribution in [0.4, 0.5) is 8.78 Å². The molecule has 1 aromatic heterocycles. The summed E-state index contributed by atoms with van der Waals surface area (Å²) in [4.78, 5) is 32.5. The van der Waals surface area contributed by atoms with Crippen LogP contribution in [0.3, 0.4) is 0 Å². The minimum atomic E-state index is -3.01. The maximum Gasteiger partial charge on any atom is 0.387 e. The van der Waals surface area contributed by atoms with Gasteiger partial charge in [-0.3, -0.25) is 9.36 Å². The Morgan fingerprint density at radius 2 is 1.75 bits per heavy atom. The Labute approximate surface area is 231 Å². The average Bonchev–Trinajstić information content (AvgIpc) is 3.27. The number of thiazole rings is 1. The van der Waals surface area contributed by atoms with Crippen molar-refractivity contribution in [2.75, 3.05) is 13.7 Å². The summed E-state index contributed by atoms with van der Waals surface area (Å²) in [5.74, 6) is -0.584. The number of esters is 1. The summed E-state index contributed by atoms with van der Waals surface area (Å²) in [6, 6.07) is 22.1. The Bertz CT molecular complexity index is 1750. The van der Waals surface area contributed by atoms with Crippen LogP contribution in [0.1, 0.15) is 29.7 Å². The number of carbonyl (C=O) groups is 1. The molecule has 0 spiro atoms. The van der Waals surface area contributed by atoms with Crippen molar-refractivity contribution in [1.29, 1.82) is 0 Å². The molecule has 0 saturated heterocycles. The summed E-state index contributed by atoms with van der Waals surface area (Å²) in [5, 5.41) is 0. The van der Waals surface area contributed by atoms with Gasteiger partial charge in [-0.1, -0.05) is 78.1 Å². The van der Waals surface area contributed by atoms with E-state index in [1.165, 1.54) is 23.8 Å². The van der Waals surface area contributed by atoms with Crippen LogP contribution >= 0.6 is 11.3 Å². The number of methoxy groups -OCH3 is 1. The average molecular weight is 563 g/mol. The zero-order chi connectivity index (χ0) is 28.2. The lowest BCUT2D eigenvalue weighted by atomic mass is 9.93. The molecular formula is C30H24F2N2O5S. The third-order valence-electron chi connectivity index (χ3n) is 6.19. The third kappa shape index (κ3) is 5.30. The lowest BCUT2D eigenvalue weighted by Gasteiger charge is -2.25. The molecule has 10 heteroatoms. The van der Waals surface area contributed by atoms with Crippen LogP contribution in [0.15, 0.2) is 94.2 Å². The monoisotopic (exact) mass is 562 g/mol. The van der Waals surface area contributed by atoms with Crippen LogP contribution in [0.2, 0.25) is 0 Å². The lowest BCUT2D eigenvalue weighted by Crippen LogP contribution is -2.39. The zero-order valence-electron chi connectivity index (χ0n) is 21.5. The van der Waals surface area contributed by atoms with Crippen molar-refractivity contribution >= 4 is 29.1 Å². The number of rotatable bonds is 8. The van der Waals surface area contributed by atoms with E-state index in [1.54, 1.807) is 19.1 Å². The predicted octanol–water partition coefficient (Wildman–Crippen LogP) is 4.55. The quantitative estimate of drug-likeness (QED) is 0.295. The van der Waals surface area contributed by atoms with Crippen molar-refractivity contribution in [3.05, 3.63) is 121 Å². The Morgan fingerprint density at radius 1 is 1.05 bits per heavy atom. The molecular weight excluding hydrogens is 538 g/mol. The summed E-state index contributed by atoms with van der Waals surface area (Å²) in [6.07, 6.45) is 1.62. The molecule has 4 aromatic rings. The second kappa shape index (κ2) is 11.7. The highest BCUT2D eigenvalue weighted by atomic mass is 32.1. The van der Waals surface area contributed by atoms with Crippen LogP contribution in [0.25, 0.3) is 11.8 Å². The molecule has 0 aliphatic carbocycles. The van der Waals surface area contributed by atoms with Gasteiger partial charge in [0.05, 0.1) is 35.6 Å². The summed E-state index contributed by atoms with van der Waals surface area (Å²) in [5.41, 5.74) is 2.29. The van der Waals surface area contributed by atoms with E-state index in [1.807, 2.05) is 60.7 Å². The summed E-state index contributed by atoms with van der Waals surface area (Å²) >= 11 is 1.16. The highest BCUT2D eigenvalue weighted by Gasteiger charge is 2.35. The van der Waals surface area contributed by atoms with Crippen molar-refractivity contribution in [3.8, 4) is 11.5 Å². The van der Waals surface area contributed by atoms with E-state index in [-0.39, 0.29) is 29.2 Å². The highest BCUT2D eigenvalue weighted by molar-refractivity contribution is 7.07. The molecule has 2 heterocycles. The smallest absolute Gasteiger partial charge is 0.387 e. The van der Waals surface area contributed by atoms with Gasteiger partial charge in [0.15, 0.2) is 16.3 Å². The first-order chi connectivity index (χ1) is 19.4. The number of nitrogens with zero attached hydrogens (tertiary/aromatic N) is 2. The lowest BCUT2D eigenvalue weighted by molar-refractivity contribution is -0.138. The van der Waals surface area contributed by atoms with Gasteiger partial charge in [-0.25, -0.2) is 9.79 Å². The first-order valence-electron chi connectivity index (χ1n) is 12.4. The number of hydrogen-bond donors (Lipinski definition) is 0. The van der Waals surface area contributed by atoms with Gasteiger partial charge in [-0.2, -0.15) is 8.78 Å². The van der Waals surface area contributed by atoms with E-state index in [9.17, 15) is 18.4 Å².